The third kappa shape index (κ3) is 21.3. The maximum Gasteiger partial charge on any atom is 0.472 e. The van der Waals surface area contributed by atoms with E-state index in [0.717, 1.165) is 32.1 Å². The number of carbonyl (C=O) groups excluding carboxylic acids is 1. The van der Waals surface area contributed by atoms with Gasteiger partial charge in [0.25, 0.3) is 0 Å². The summed E-state index contributed by atoms with van der Waals surface area (Å²) in [6.45, 7) is -2.93. The minimum Gasteiger partial charge on any atom is -0.463 e. The highest BCUT2D eigenvalue weighted by Crippen LogP contribution is 2.50. The fourth-order valence-corrected chi connectivity index (χ4v) is 12.1. The number of unbranched alkanes of at least 4 members (excludes halogenated alkanes) is 15. The van der Waals surface area contributed by atoms with Crippen LogP contribution in [-0.2, 0) is 56.3 Å². The Hall–Kier alpha value is -1.42. The molecule has 5 fully saturated rings. The Bertz CT molecular complexity index is 1920. The van der Waals surface area contributed by atoms with E-state index in [2.05, 4.69) is 6.92 Å². The molecule has 5 aliphatic rings. The average molecular weight is 1260 g/mol. The molecule has 4 aliphatic heterocycles. The second-order valence-electron chi connectivity index (χ2n) is 23.0. The molecule has 12 unspecified atom stereocenters. The second kappa shape index (κ2) is 36.6. The molecule has 0 aromatic carbocycles. The van der Waals surface area contributed by atoms with Crippen LogP contribution < -0.4 is 0 Å². The summed E-state index contributed by atoms with van der Waals surface area (Å²) in [6, 6.07) is 0. The van der Waals surface area contributed by atoms with Crippen LogP contribution in [0.2, 0.25) is 0 Å². The van der Waals surface area contributed by atoms with Gasteiger partial charge in [-0.05, 0) is 12.8 Å². The second-order valence-corrected chi connectivity index (χ2v) is 24.4. The molecule has 0 bridgehead atoms. The molecule has 1 saturated carbocycles. The van der Waals surface area contributed by atoms with Crippen molar-refractivity contribution in [2.24, 2.45) is 5.92 Å². The van der Waals surface area contributed by atoms with Gasteiger partial charge in [0.15, 0.2) is 18.9 Å². The molecular formula is C53H97O31P. The van der Waals surface area contributed by atoms with Gasteiger partial charge in [0.05, 0.1) is 45.2 Å². The number of esters is 1. The highest BCUT2D eigenvalue weighted by molar-refractivity contribution is 7.47. The van der Waals surface area contributed by atoms with Gasteiger partial charge in [-0.1, -0.05) is 103 Å². The lowest BCUT2D eigenvalue weighted by Crippen LogP contribution is -2.67. The molecule has 1 aliphatic carbocycles. The Balaban J connectivity index is 1.20. The van der Waals surface area contributed by atoms with Crippen LogP contribution in [0.1, 0.15) is 122 Å². The molecule has 19 N–H and O–H groups in total. The van der Waals surface area contributed by atoms with E-state index in [1.54, 1.807) is 0 Å². The van der Waals surface area contributed by atoms with E-state index in [0.29, 0.717) is 6.42 Å². The number of aliphatic hydroxyl groups is 18. The fraction of sp³-hybridized carbons (Fsp3) is 0.981. The Morgan fingerprint density at radius 2 is 0.835 bits per heavy atom. The highest BCUT2D eigenvalue weighted by atomic mass is 31.2. The van der Waals surface area contributed by atoms with Crippen molar-refractivity contribution in [3.8, 4) is 0 Å². The van der Waals surface area contributed by atoms with Gasteiger partial charge in [-0.15, -0.1) is 0 Å². The van der Waals surface area contributed by atoms with E-state index in [1.165, 1.54) is 64.2 Å². The van der Waals surface area contributed by atoms with Gasteiger partial charge in [-0.25, -0.2) is 4.57 Å². The monoisotopic (exact) mass is 1260 g/mol. The smallest absolute Gasteiger partial charge is 0.463 e. The van der Waals surface area contributed by atoms with Gasteiger partial charge in [0.2, 0.25) is 0 Å². The minimum absolute atomic E-state index is 0.0368. The number of phosphoric acid groups is 1. The molecule has 5 rings (SSSR count). The predicted molar refractivity (Wildman–Crippen MR) is 286 cm³/mol. The number of hydrogen-bond acceptors (Lipinski definition) is 30. The van der Waals surface area contributed by atoms with Crippen LogP contribution in [0.3, 0.4) is 0 Å². The van der Waals surface area contributed by atoms with E-state index < -0.39 is 225 Å². The van der Waals surface area contributed by atoms with Gasteiger partial charge in [-0.2, -0.15) is 0 Å². The third-order valence-electron chi connectivity index (χ3n) is 16.4. The van der Waals surface area contributed by atoms with Gasteiger partial charge in [0.1, 0.15) is 135 Å². The zero-order chi connectivity index (χ0) is 62.7. The number of hydrogen-bond donors (Lipinski definition) is 19. The standard InChI is InChI=1S/C53H97O31P/c1-2-3-4-5-6-7-8-9-10-11-12-13-14-15-16-17-18-33(57)75-22-26(56)23-78-85(73,74)84-49-27(34(58)40(64)45(69)50(49)83-53-48(72)43(67)37(61)30(21-55)81-53)19-28-35(59)41(65)38(62)31(79-28)24-76-52-47(71)44(68)39(63)32(82-52)25-77-51-46(70)42(66)36(60)29(20-54)80-51/h26-32,34-56,58-72H,2-25H2,1H3,(H,73,74)/t26-,27?,28+,29?,30?,31?,32?,34?,35-,36+,37-,38+,39+,40-,41?,42?,43?,44?,45?,46+,47+,48-,49-,50-,51-,52-,53-/m1/s1. The molecule has 0 radical (unpaired) electrons. The van der Waals surface area contributed by atoms with Crippen molar-refractivity contribution in [2.75, 3.05) is 39.6 Å². The number of ether oxygens (including phenoxy) is 8. The summed E-state index contributed by atoms with van der Waals surface area (Å²) in [7, 11) is -5.61. The van der Waals surface area contributed by atoms with Gasteiger partial charge in [0, 0.05) is 12.3 Å². The zero-order valence-electron chi connectivity index (χ0n) is 47.9. The summed E-state index contributed by atoms with van der Waals surface area (Å²) in [5, 5.41) is 192. The maximum atomic E-state index is 13.8. The minimum atomic E-state index is -5.61. The summed E-state index contributed by atoms with van der Waals surface area (Å²) in [6.07, 6.45) is -33.6. The molecule has 85 heavy (non-hydrogen) atoms. The molecule has 28 atom stereocenters. The Kier molecular flexibility index (Phi) is 32.0. The van der Waals surface area contributed by atoms with Crippen LogP contribution in [0.25, 0.3) is 0 Å². The van der Waals surface area contributed by atoms with E-state index in [9.17, 15) is 106 Å². The SMILES string of the molecule is CCCCCCCCCCCCCCCCCCC(=O)OC[C@@H](O)COP(=O)(O)O[C@@H]1C(C[C@@H]2OC(CO[C@@H]3OC(CO[C@@H]4OC(CO)[C@H](O)C(O)[C@@H]4O)[C@H](O)C(O)[C@@H]3O)[C@H](O)C(O)[C@@H]2O)C(O)[C@@H](O)C(O)[C@H]1O[C@H]1OC(CO)[C@@H](O)C(O)[C@H]1O. The molecule has 4 saturated heterocycles. The number of rotatable bonds is 36. The topological polar surface area (TPSA) is 511 Å². The molecule has 0 amide bonds. The van der Waals surface area contributed by atoms with Crippen molar-refractivity contribution >= 4 is 13.8 Å². The molecule has 500 valence electrons. The lowest BCUT2D eigenvalue weighted by Gasteiger charge is -2.50. The van der Waals surface area contributed by atoms with Crippen molar-refractivity contribution in [1.29, 1.82) is 0 Å². The van der Waals surface area contributed by atoms with Crippen molar-refractivity contribution in [3.63, 3.8) is 0 Å². The third-order valence-corrected chi connectivity index (χ3v) is 17.4. The largest absolute Gasteiger partial charge is 0.472 e. The molecular weight excluding hydrogens is 1160 g/mol. The predicted octanol–water partition coefficient (Wildman–Crippen LogP) is -5.18. The van der Waals surface area contributed by atoms with Crippen molar-refractivity contribution in [3.05, 3.63) is 0 Å². The quantitative estimate of drug-likeness (QED) is 0.0158. The van der Waals surface area contributed by atoms with E-state index in [1.807, 2.05) is 0 Å². The Morgan fingerprint density at radius 1 is 0.447 bits per heavy atom. The van der Waals surface area contributed by atoms with Crippen LogP contribution in [0.4, 0.5) is 0 Å². The van der Waals surface area contributed by atoms with Crippen LogP contribution >= 0.6 is 7.82 Å². The molecule has 31 nitrogen and oxygen atoms in total. The van der Waals surface area contributed by atoms with E-state index in [-0.39, 0.29) is 6.42 Å². The van der Waals surface area contributed by atoms with E-state index in [4.69, 9.17) is 46.9 Å². The summed E-state index contributed by atoms with van der Waals surface area (Å²) < 4.78 is 68.4. The van der Waals surface area contributed by atoms with Crippen molar-refractivity contribution < 1.29 is 153 Å². The van der Waals surface area contributed by atoms with Crippen LogP contribution in [0.15, 0.2) is 0 Å². The first-order valence-electron chi connectivity index (χ1n) is 29.8. The number of aliphatic hydroxyl groups excluding tert-OH is 18. The lowest BCUT2D eigenvalue weighted by molar-refractivity contribution is -0.339. The Morgan fingerprint density at radius 3 is 1.32 bits per heavy atom. The summed E-state index contributed by atoms with van der Waals surface area (Å²) in [5.74, 6) is -2.56. The summed E-state index contributed by atoms with van der Waals surface area (Å²) in [4.78, 5) is 23.6. The van der Waals surface area contributed by atoms with E-state index >= 15 is 0 Å². The molecule has 0 aromatic heterocycles. The lowest BCUT2D eigenvalue weighted by atomic mass is 9.74. The van der Waals surface area contributed by atoms with Crippen LogP contribution in [-0.4, -0.2) is 302 Å². The number of phosphoric ester groups is 1. The summed E-state index contributed by atoms with van der Waals surface area (Å²) >= 11 is 0. The van der Waals surface area contributed by atoms with Crippen LogP contribution in [0, 0.1) is 5.92 Å². The molecule has 0 spiro atoms. The maximum absolute atomic E-state index is 13.8. The molecule has 32 heteroatoms. The fourth-order valence-electron chi connectivity index (χ4n) is 11.1. The first-order valence-corrected chi connectivity index (χ1v) is 31.3. The normalized spacial score (nSPS) is 41.1. The number of carbonyl (C=O) groups is 1. The van der Waals surface area contributed by atoms with Crippen molar-refractivity contribution in [2.45, 2.75) is 282 Å². The average Bonchev–Trinajstić information content (AvgIpc) is 1.72. The first-order chi connectivity index (χ1) is 40.4. The summed E-state index contributed by atoms with van der Waals surface area (Å²) in [5.41, 5.74) is 0. The van der Waals surface area contributed by atoms with Gasteiger partial charge in [-0.3, -0.25) is 13.8 Å². The van der Waals surface area contributed by atoms with Gasteiger partial charge < -0.3 is 135 Å². The van der Waals surface area contributed by atoms with Crippen molar-refractivity contribution in [1.82, 2.24) is 0 Å². The molecule has 4 heterocycles. The molecule has 0 aromatic rings. The Labute approximate surface area is 493 Å². The first kappa shape index (κ1) is 74.3. The zero-order valence-corrected chi connectivity index (χ0v) is 48.8. The highest BCUT2D eigenvalue weighted by Gasteiger charge is 2.58. The van der Waals surface area contributed by atoms with Gasteiger partial charge >= 0.3 is 13.8 Å². The van der Waals surface area contributed by atoms with Crippen LogP contribution in [0.5, 0.6) is 0 Å².